The molecule has 0 bridgehead atoms. The second kappa shape index (κ2) is 3.46. The highest BCUT2D eigenvalue weighted by Crippen LogP contribution is 2.41. The van der Waals surface area contributed by atoms with Crippen molar-refractivity contribution >= 4 is 21.4 Å². The van der Waals surface area contributed by atoms with Crippen LogP contribution in [0.1, 0.15) is 0 Å². The van der Waals surface area contributed by atoms with E-state index in [4.69, 9.17) is 9.47 Å². The van der Waals surface area contributed by atoms with Crippen LogP contribution in [0.5, 0.6) is 11.5 Å². The van der Waals surface area contributed by atoms with Crippen LogP contribution in [0, 0.1) is 5.13 Å². The zero-order valence-electron chi connectivity index (χ0n) is 7.83. The molecule has 0 amide bonds. The van der Waals surface area contributed by atoms with Gasteiger partial charge >= 0.3 is 0 Å². The Balaban J connectivity index is 2.82. The topological polar surface area (TPSA) is 18.5 Å². The molecule has 1 aromatic heterocycles. The molecular weight excluding hydrogens is 203 g/mol. The molecule has 74 valence electrons. The third-order valence-corrected chi connectivity index (χ3v) is 2.94. The first-order valence-corrected chi connectivity index (χ1v) is 4.88. The fourth-order valence-electron chi connectivity index (χ4n) is 1.41. The molecule has 1 heterocycles. The summed E-state index contributed by atoms with van der Waals surface area (Å²) < 4.78 is 24.3. The summed E-state index contributed by atoms with van der Waals surface area (Å²) in [5.74, 6) is 0.905. The Morgan fingerprint density at radius 3 is 2.64 bits per heavy atom. The first kappa shape index (κ1) is 9.27. The van der Waals surface area contributed by atoms with E-state index in [1.54, 1.807) is 13.2 Å². The summed E-state index contributed by atoms with van der Waals surface area (Å²) in [5.41, 5.74) is 0. The summed E-state index contributed by atoms with van der Waals surface area (Å²) in [5, 5.41) is 0.395. The number of thiophene rings is 1. The van der Waals surface area contributed by atoms with E-state index in [1.165, 1.54) is 7.11 Å². The molecule has 1 aromatic carbocycles. The first-order chi connectivity index (χ1) is 6.77. The average molecular weight is 212 g/mol. The van der Waals surface area contributed by atoms with Gasteiger partial charge in [0.2, 0.25) is 5.13 Å². The van der Waals surface area contributed by atoms with E-state index in [2.05, 4.69) is 0 Å². The number of benzene rings is 1. The van der Waals surface area contributed by atoms with Gasteiger partial charge in [-0.1, -0.05) is 6.07 Å². The van der Waals surface area contributed by atoms with E-state index in [9.17, 15) is 4.39 Å². The van der Waals surface area contributed by atoms with Crippen molar-refractivity contribution < 1.29 is 13.9 Å². The van der Waals surface area contributed by atoms with Gasteiger partial charge in [-0.2, -0.15) is 4.39 Å². The maximum atomic E-state index is 13.4. The second-order valence-corrected chi connectivity index (χ2v) is 3.74. The molecule has 0 saturated heterocycles. The predicted octanol–water partition coefficient (Wildman–Crippen LogP) is 3.06. The molecule has 0 spiro atoms. The van der Waals surface area contributed by atoms with Crippen molar-refractivity contribution in [3.8, 4) is 11.5 Å². The highest BCUT2D eigenvalue weighted by molar-refractivity contribution is 7.18. The lowest BCUT2D eigenvalue weighted by Crippen LogP contribution is -1.86. The summed E-state index contributed by atoms with van der Waals surface area (Å²) in [6.07, 6.45) is 0. The molecule has 2 nitrogen and oxygen atoms in total. The Bertz CT molecular complexity index is 464. The molecule has 14 heavy (non-hydrogen) atoms. The van der Waals surface area contributed by atoms with E-state index in [-0.39, 0.29) is 10.9 Å². The minimum Gasteiger partial charge on any atom is -0.496 e. The zero-order valence-corrected chi connectivity index (χ0v) is 8.65. The molecule has 2 rings (SSSR count). The van der Waals surface area contributed by atoms with Crippen LogP contribution in [0.4, 0.5) is 4.39 Å². The molecule has 0 unspecified atom stereocenters. The van der Waals surface area contributed by atoms with Gasteiger partial charge in [0.25, 0.3) is 0 Å². The molecule has 0 aliphatic rings. The Morgan fingerprint density at radius 2 is 2.00 bits per heavy atom. The molecule has 0 N–H and O–H groups in total. The smallest absolute Gasteiger partial charge is 0.219 e. The van der Waals surface area contributed by atoms with Crippen molar-refractivity contribution in [2.45, 2.75) is 0 Å². The molecule has 0 aliphatic carbocycles. The van der Waals surface area contributed by atoms with E-state index >= 15 is 0 Å². The van der Waals surface area contributed by atoms with Crippen LogP contribution in [-0.4, -0.2) is 14.2 Å². The number of hydrogen-bond donors (Lipinski definition) is 0. The molecule has 0 saturated carbocycles. The SMILES string of the molecule is COc1cccc2sc(F)c(OC)c12. The van der Waals surface area contributed by atoms with Crippen molar-refractivity contribution in [3.05, 3.63) is 23.3 Å². The number of methoxy groups -OCH3 is 2. The number of fused-ring (bicyclic) bond motifs is 1. The summed E-state index contributed by atoms with van der Waals surface area (Å²) in [4.78, 5) is 0. The third kappa shape index (κ3) is 1.23. The molecule has 0 fully saturated rings. The van der Waals surface area contributed by atoms with E-state index in [1.807, 2.05) is 12.1 Å². The standard InChI is InChI=1S/C10H9FO2S/c1-12-6-4-3-5-7-8(6)9(13-2)10(11)14-7/h3-5H,1-2H3. The van der Waals surface area contributed by atoms with Crippen LogP contribution in [0.3, 0.4) is 0 Å². The lowest BCUT2D eigenvalue weighted by molar-refractivity contribution is 0.390. The van der Waals surface area contributed by atoms with Crippen LogP contribution in [0.25, 0.3) is 10.1 Å². The Hall–Kier alpha value is -1.29. The van der Waals surface area contributed by atoms with Gasteiger partial charge in [-0.3, -0.25) is 0 Å². The maximum absolute atomic E-state index is 13.4. The molecule has 0 radical (unpaired) electrons. The molecule has 2 aromatic rings. The third-order valence-electron chi connectivity index (χ3n) is 2.02. The fourth-order valence-corrected chi connectivity index (χ4v) is 2.33. The van der Waals surface area contributed by atoms with Gasteiger partial charge in [0.05, 0.1) is 19.6 Å². The number of ether oxygens (including phenoxy) is 2. The lowest BCUT2D eigenvalue weighted by Gasteiger charge is -2.03. The van der Waals surface area contributed by atoms with Crippen molar-refractivity contribution in [3.63, 3.8) is 0 Å². The summed E-state index contributed by atoms with van der Waals surface area (Å²) in [6.45, 7) is 0. The highest BCUT2D eigenvalue weighted by atomic mass is 32.1. The molecule has 0 atom stereocenters. The molecule has 4 heteroatoms. The number of hydrogen-bond acceptors (Lipinski definition) is 3. The van der Waals surface area contributed by atoms with Gasteiger partial charge in [0, 0.05) is 4.70 Å². The van der Waals surface area contributed by atoms with E-state index < -0.39 is 0 Å². The van der Waals surface area contributed by atoms with Gasteiger partial charge in [0.1, 0.15) is 5.75 Å². The normalized spacial score (nSPS) is 10.5. The van der Waals surface area contributed by atoms with Crippen LogP contribution in [-0.2, 0) is 0 Å². The number of rotatable bonds is 2. The number of halogens is 1. The van der Waals surface area contributed by atoms with Gasteiger partial charge < -0.3 is 9.47 Å². The monoisotopic (exact) mass is 212 g/mol. The summed E-state index contributed by atoms with van der Waals surface area (Å²) in [7, 11) is 3.01. The first-order valence-electron chi connectivity index (χ1n) is 4.07. The predicted molar refractivity (Wildman–Crippen MR) is 54.9 cm³/mol. The lowest BCUT2D eigenvalue weighted by atomic mass is 10.2. The minimum absolute atomic E-state index is 0.266. The largest absolute Gasteiger partial charge is 0.496 e. The van der Waals surface area contributed by atoms with Crippen LogP contribution in [0.15, 0.2) is 18.2 Å². The Morgan fingerprint density at radius 1 is 1.21 bits per heavy atom. The van der Waals surface area contributed by atoms with Crippen LogP contribution in [0.2, 0.25) is 0 Å². The second-order valence-electron chi connectivity index (χ2n) is 2.74. The fraction of sp³-hybridized carbons (Fsp3) is 0.200. The molecular formula is C10H9FO2S. The Labute approximate surface area is 84.9 Å². The van der Waals surface area contributed by atoms with Crippen molar-refractivity contribution in [2.24, 2.45) is 0 Å². The minimum atomic E-state index is -0.313. The van der Waals surface area contributed by atoms with Gasteiger partial charge in [-0.25, -0.2) is 0 Å². The Kier molecular flexibility index (Phi) is 2.29. The molecule has 0 aliphatic heterocycles. The average Bonchev–Trinajstić information content (AvgIpc) is 2.52. The summed E-state index contributed by atoms with van der Waals surface area (Å²) in [6, 6.07) is 5.46. The highest BCUT2D eigenvalue weighted by Gasteiger charge is 2.15. The van der Waals surface area contributed by atoms with Gasteiger partial charge in [-0.15, -0.1) is 11.3 Å². The maximum Gasteiger partial charge on any atom is 0.219 e. The quantitative estimate of drug-likeness (QED) is 0.761. The van der Waals surface area contributed by atoms with Crippen LogP contribution >= 0.6 is 11.3 Å². The van der Waals surface area contributed by atoms with Gasteiger partial charge in [-0.05, 0) is 12.1 Å². The summed E-state index contributed by atoms with van der Waals surface area (Å²) >= 11 is 1.06. The van der Waals surface area contributed by atoms with Crippen molar-refractivity contribution in [1.82, 2.24) is 0 Å². The van der Waals surface area contributed by atoms with Crippen molar-refractivity contribution in [1.29, 1.82) is 0 Å². The van der Waals surface area contributed by atoms with Crippen molar-refractivity contribution in [2.75, 3.05) is 14.2 Å². The van der Waals surface area contributed by atoms with E-state index in [0.717, 1.165) is 16.0 Å². The van der Waals surface area contributed by atoms with E-state index in [0.29, 0.717) is 11.1 Å². The zero-order chi connectivity index (χ0) is 10.1. The van der Waals surface area contributed by atoms with Gasteiger partial charge in [0.15, 0.2) is 5.75 Å². The van der Waals surface area contributed by atoms with Crippen LogP contribution < -0.4 is 9.47 Å².